The highest BCUT2D eigenvalue weighted by Crippen LogP contribution is 2.25. The number of ether oxygens (including phenoxy) is 1. The lowest BCUT2D eigenvalue weighted by atomic mass is 10.1. The first-order valence-electron chi connectivity index (χ1n) is 11.8. The minimum Gasteiger partial charge on any atom is -0.489 e. The second-order valence-corrected chi connectivity index (χ2v) is 9.28. The number of benzene rings is 3. The van der Waals surface area contributed by atoms with Crippen LogP contribution in [0.3, 0.4) is 0 Å². The molecule has 3 aromatic carbocycles. The van der Waals surface area contributed by atoms with Crippen LogP contribution in [-0.4, -0.2) is 58.1 Å². The van der Waals surface area contributed by atoms with E-state index in [1.807, 2.05) is 42.5 Å². The number of aliphatic carboxylic acids is 1. The molecule has 1 heterocycles. The number of aliphatic hydroxyl groups excluding tert-OH is 1. The summed E-state index contributed by atoms with van der Waals surface area (Å²) in [6, 6.07) is 21.8. The number of carbonyl (C=O) groups is 2. The van der Waals surface area contributed by atoms with Gasteiger partial charge in [-0.3, -0.25) is 14.5 Å². The number of halogens is 1. The quantitative estimate of drug-likeness (QED) is 0.455. The average molecular weight is 509 g/mol. The van der Waals surface area contributed by atoms with Crippen molar-refractivity contribution in [2.75, 3.05) is 26.2 Å². The van der Waals surface area contributed by atoms with Crippen LogP contribution in [0.25, 0.3) is 0 Å². The summed E-state index contributed by atoms with van der Waals surface area (Å²) < 4.78 is 6.09. The fraction of sp³-hybridized carbons (Fsp3) is 0.286. The molecule has 1 saturated heterocycles. The van der Waals surface area contributed by atoms with Gasteiger partial charge in [0.2, 0.25) is 0 Å². The first kappa shape index (κ1) is 25.7. The fourth-order valence-corrected chi connectivity index (χ4v) is 4.37. The summed E-state index contributed by atoms with van der Waals surface area (Å²) in [7, 11) is 0. The van der Waals surface area contributed by atoms with Gasteiger partial charge in [0.1, 0.15) is 12.4 Å². The van der Waals surface area contributed by atoms with Crippen molar-refractivity contribution in [1.82, 2.24) is 9.80 Å². The zero-order valence-electron chi connectivity index (χ0n) is 19.8. The molecule has 0 radical (unpaired) electrons. The Bertz CT molecular complexity index is 1180. The van der Waals surface area contributed by atoms with Crippen molar-refractivity contribution >= 4 is 23.5 Å². The van der Waals surface area contributed by atoms with Crippen LogP contribution in [0.5, 0.6) is 5.75 Å². The lowest BCUT2D eigenvalue weighted by Crippen LogP contribution is -2.49. The molecule has 1 aliphatic rings. The molecule has 0 saturated carbocycles. The van der Waals surface area contributed by atoms with E-state index in [1.54, 1.807) is 35.2 Å². The zero-order valence-corrected chi connectivity index (χ0v) is 20.6. The Balaban J connectivity index is 1.40. The second kappa shape index (κ2) is 12.0. The van der Waals surface area contributed by atoms with Crippen LogP contribution in [0.15, 0.2) is 72.8 Å². The SMILES string of the molecule is O=C(O)Cc1ccc(OCc2ccc(Cl)cc2)c(CN2CCN(C(=O)C(O)c3ccccc3)CC2)c1. The molecule has 8 heteroatoms. The van der Waals surface area contributed by atoms with Gasteiger partial charge in [-0.25, -0.2) is 0 Å². The number of carbonyl (C=O) groups excluding carboxylic acids is 1. The molecule has 4 rings (SSSR count). The highest BCUT2D eigenvalue weighted by Gasteiger charge is 2.27. The summed E-state index contributed by atoms with van der Waals surface area (Å²) in [5.74, 6) is -0.492. The van der Waals surface area contributed by atoms with Crippen molar-refractivity contribution in [3.63, 3.8) is 0 Å². The highest BCUT2D eigenvalue weighted by molar-refractivity contribution is 6.30. The van der Waals surface area contributed by atoms with E-state index in [9.17, 15) is 19.8 Å². The Hall–Kier alpha value is -3.39. The van der Waals surface area contributed by atoms with Gasteiger partial charge in [-0.1, -0.05) is 66.2 Å². The molecule has 188 valence electrons. The number of aliphatic hydroxyl groups is 1. The molecule has 2 N–H and O–H groups in total. The molecule has 1 amide bonds. The molecule has 3 aromatic rings. The number of nitrogens with zero attached hydrogens (tertiary/aromatic N) is 2. The number of rotatable bonds is 9. The highest BCUT2D eigenvalue weighted by atomic mass is 35.5. The van der Waals surface area contributed by atoms with Crippen LogP contribution in [-0.2, 0) is 29.2 Å². The van der Waals surface area contributed by atoms with E-state index in [4.69, 9.17) is 16.3 Å². The molecule has 7 nitrogen and oxygen atoms in total. The molecule has 1 atom stereocenters. The number of piperazine rings is 1. The van der Waals surface area contributed by atoms with Gasteiger partial charge >= 0.3 is 5.97 Å². The standard InChI is InChI=1S/C28H29ClN2O5/c29-24-9-6-20(7-10-24)19-36-25-11-8-21(17-26(32)33)16-23(25)18-30-12-14-31(15-13-30)28(35)27(34)22-4-2-1-3-5-22/h1-11,16,27,34H,12-15,17-19H2,(H,32,33). The van der Waals surface area contributed by atoms with Crippen molar-refractivity contribution in [2.45, 2.75) is 25.7 Å². The minimum atomic E-state index is -1.17. The zero-order chi connectivity index (χ0) is 25.5. The van der Waals surface area contributed by atoms with E-state index in [-0.39, 0.29) is 12.3 Å². The maximum absolute atomic E-state index is 12.8. The summed E-state index contributed by atoms with van der Waals surface area (Å²) in [6.45, 7) is 3.19. The number of amides is 1. The van der Waals surface area contributed by atoms with Crippen LogP contribution < -0.4 is 4.74 Å². The van der Waals surface area contributed by atoms with Crippen LogP contribution in [0, 0.1) is 0 Å². The third kappa shape index (κ3) is 6.85. The minimum absolute atomic E-state index is 0.0654. The Morgan fingerprint density at radius 2 is 1.58 bits per heavy atom. The molecule has 0 bridgehead atoms. The lowest BCUT2D eigenvalue weighted by Gasteiger charge is -2.36. The third-order valence-corrected chi connectivity index (χ3v) is 6.47. The average Bonchev–Trinajstić information content (AvgIpc) is 2.89. The number of hydrogen-bond acceptors (Lipinski definition) is 5. The predicted octanol–water partition coefficient (Wildman–Crippen LogP) is 3.92. The van der Waals surface area contributed by atoms with E-state index >= 15 is 0 Å². The number of carboxylic acid groups (broad SMARTS) is 1. The lowest BCUT2D eigenvalue weighted by molar-refractivity contribution is -0.142. The van der Waals surface area contributed by atoms with Crippen LogP contribution in [0.1, 0.15) is 28.4 Å². The fourth-order valence-electron chi connectivity index (χ4n) is 4.24. The van der Waals surface area contributed by atoms with Crippen molar-refractivity contribution in [1.29, 1.82) is 0 Å². The first-order valence-corrected chi connectivity index (χ1v) is 12.2. The van der Waals surface area contributed by atoms with E-state index in [0.717, 1.165) is 11.1 Å². The van der Waals surface area contributed by atoms with Gasteiger partial charge < -0.3 is 19.8 Å². The summed E-state index contributed by atoms with van der Waals surface area (Å²) in [6.07, 6.45) is -1.23. The number of carboxylic acids is 1. The molecule has 1 fully saturated rings. The Morgan fingerprint density at radius 3 is 2.25 bits per heavy atom. The van der Waals surface area contributed by atoms with E-state index in [1.165, 1.54) is 0 Å². The van der Waals surface area contributed by atoms with Crippen LogP contribution in [0.4, 0.5) is 0 Å². The van der Waals surface area contributed by atoms with E-state index in [0.29, 0.717) is 61.2 Å². The molecular weight excluding hydrogens is 480 g/mol. The summed E-state index contributed by atoms with van der Waals surface area (Å²) in [4.78, 5) is 27.9. The van der Waals surface area contributed by atoms with Gasteiger partial charge in [-0.05, 0) is 34.9 Å². The molecule has 36 heavy (non-hydrogen) atoms. The van der Waals surface area contributed by atoms with E-state index in [2.05, 4.69) is 4.90 Å². The van der Waals surface area contributed by atoms with E-state index < -0.39 is 12.1 Å². The van der Waals surface area contributed by atoms with Gasteiger partial charge in [0.15, 0.2) is 6.10 Å². The smallest absolute Gasteiger partial charge is 0.307 e. The molecule has 1 aliphatic heterocycles. The Morgan fingerprint density at radius 1 is 0.917 bits per heavy atom. The molecule has 0 aliphatic carbocycles. The molecular formula is C28H29ClN2O5. The van der Waals surface area contributed by atoms with Gasteiger partial charge in [0, 0.05) is 43.3 Å². The molecule has 0 spiro atoms. The third-order valence-electron chi connectivity index (χ3n) is 6.21. The van der Waals surface area contributed by atoms with Crippen molar-refractivity contribution < 1.29 is 24.5 Å². The van der Waals surface area contributed by atoms with Gasteiger partial charge in [0.25, 0.3) is 5.91 Å². The van der Waals surface area contributed by atoms with Crippen molar-refractivity contribution in [3.8, 4) is 5.75 Å². The Labute approximate surface area is 215 Å². The summed E-state index contributed by atoms with van der Waals surface area (Å²) >= 11 is 5.97. The maximum atomic E-state index is 12.8. The number of hydrogen-bond donors (Lipinski definition) is 2. The normalized spacial score (nSPS) is 14.9. The summed E-state index contributed by atoms with van der Waals surface area (Å²) in [5.41, 5.74) is 3.16. The molecule has 1 unspecified atom stereocenters. The van der Waals surface area contributed by atoms with Gasteiger partial charge in [-0.15, -0.1) is 0 Å². The topological polar surface area (TPSA) is 90.3 Å². The molecule has 0 aromatic heterocycles. The van der Waals surface area contributed by atoms with Crippen LogP contribution in [0.2, 0.25) is 5.02 Å². The first-order chi connectivity index (χ1) is 17.4. The second-order valence-electron chi connectivity index (χ2n) is 8.84. The Kier molecular flexibility index (Phi) is 8.59. The predicted molar refractivity (Wildman–Crippen MR) is 137 cm³/mol. The summed E-state index contributed by atoms with van der Waals surface area (Å²) in [5, 5.41) is 20.4. The van der Waals surface area contributed by atoms with Crippen LogP contribution >= 0.6 is 11.6 Å². The maximum Gasteiger partial charge on any atom is 0.307 e. The van der Waals surface area contributed by atoms with Crippen molar-refractivity contribution in [3.05, 3.63) is 100 Å². The van der Waals surface area contributed by atoms with Gasteiger partial charge in [-0.2, -0.15) is 0 Å². The largest absolute Gasteiger partial charge is 0.489 e. The van der Waals surface area contributed by atoms with Gasteiger partial charge in [0.05, 0.1) is 6.42 Å². The monoisotopic (exact) mass is 508 g/mol. The van der Waals surface area contributed by atoms with Crippen molar-refractivity contribution in [2.24, 2.45) is 0 Å².